The molecular formula is C18H25N3. The highest BCUT2D eigenvalue weighted by molar-refractivity contribution is 5.63. The molecule has 0 bridgehead atoms. The predicted molar refractivity (Wildman–Crippen MR) is 90.2 cm³/mol. The van der Waals surface area contributed by atoms with E-state index in [0.29, 0.717) is 0 Å². The van der Waals surface area contributed by atoms with Gasteiger partial charge in [-0.25, -0.2) is 4.98 Å². The van der Waals surface area contributed by atoms with Gasteiger partial charge in [-0.15, -0.1) is 0 Å². The highest BCUT2D eigenvalue weighted by Crippen LogP contribution is 2.25. The van der Waals surface area contributed by atoms with Gasteiger partial charge in [0.1, 0.15) is 5.82 Å². The molecule has 0 saturated carbocycles. The van der Waals surface area contributed by atoms with Gasteiger partial charge in [0.2, 0.25) is 0 Å². The fourth-order valence-corrected chi connectivity index (χ4v) is 2.43. The van der Waals surface area contributed by atoms with E-state index in [1.54, 1.807) is 0 Å². The summed E-state index contributed by atoms with van der Waals surface area (Å²) in [7, 11) is 2.06. The molecule has 0 saturated heterocycles. The summed E-state index contributed by atoms with van der Waals surface area (Å²) < 4.78 is 0. The minimum Gasteiger partial charge on any atom is -0.329 e. The van der Waals surface area contributed by atoms with Crippen LogP contribution in [0, 0.1) is 13.8 Å². The van der Waals surface area contributed by atoms with E-state index in [-0.39, 0.29) is 0 Å². The number of anilines is 2. The quantitative estimate of drug-likeness (QED) is 0.813. The van der Waals surface area contributed by atoms with Gasteiger partial charge < -0.3 is 10.2 Å². The maximum absolute atomic E-state index is 4.58. The van der Waals surface area contributed by atoms with Crippen LogP contribution in [0.3, 0.4) is 0 Å². The number of rotatable bonds is 6. The van der Waals surface area contributed by atoms with E-state index < -0.39 is 0 Å². The summed E-state index contributed by atoms with van der Waals surface area (Å²) in [6.07, 6.45) is 3.11. The van der Waals surface area contributed by atoms with E-state index in [9.17, 15) is 0 Å². The zero-order valence-corrected chi connectivity index (χ0v) is 13.5. The SMILES string of the molecule is CCCNCc1ccc(N(C)c2ccc(C)cc2C)nc1. The lowest BCUT2D eigenvalue weighted by Crippen LogP contribution is -2.15. The standard InChI is InChI=1S/C18H25N3/c1-5-10-19-12-16-7-9-18(20-13-16)21(4)17-8-6-14(2)11-15(17)3/h6-9,11,13,19H,5,10,12H2,1-4H3. The minimum absolute atomic E-state index is 0.883. The number of nitrogens with zero attached hydrogens (tertiary/aromatic N) is 2. The molecule has 0 aliphatic carbocycles. The van der Waals surface area contributed by atoms with Crippen LogP contribution in [0.1, 0.15) is 30.0 Å². The summed E-state index contributed by atoms with van der Waals surface area (Å²) >= 11 is 0. The fraction of sp³-hybridized carbons (Fsp3) is 0.389. The lowest BCUT2D eigenvalue weighted by Gasteiger charge is -2.21. The third kappa shape index (κ3) is 4.05. The highest BCUT2D eigenvalue weighted by atomic mass is 15.2. The summed E-state index contributed by atoms with van der Waals surface area (Å²) in [5.41, 5.74) is 4.98. The van der Waals surface area contributed by atoms with Crippen LogP contribution in [0.5, 0.6) is 0 Å². The van der Waals surface area contributed by atoms with Gasteiger partial charge in [0.25, 0.3) is 0 Å². The molecule has 0 aliphatic heterocycles. The van der Waals surface area contributed by atoms with Crippen molar-refractivity contribution in [2.45, 2.75) is 33.7 Å². The maximum Gasteiger partial charge on any atom is 0.132 e. The topological polar surface area (TPSA) is 28.2 Å². The second-order valence-electron chi connectivity index (χ2n) is 5.55. The van der Waals surface area contributed by atoms with Crippen molar-refractivity contribution in [1.82, 2.24) is 10.3 Å². The molecule has 0 radical (unpaired) electrons. The van der Waals surface area contributed by atoms with E-state index in [2.05, 4.69) is 73.4 Å². The molecule has 0 spiro atoms. The van der Waals surface area contributed by atoms with Crippen LogP contribution in [0.25, 0.3) is 0 Å². The fourth-order valence-electron chi connectivity index (χ4n) is 2.43. The van der Waals surface area contributed by atoms with Crippen LogP contribution < -0.4 is 10.2 Å². The zero-order chi connectivity index (χ0) is 15.2. The van der Waals surface area contributed by atoms with Gasteiger partial charge in [0, 0.05) is 25.5 Å². The molecule has 2 rings (SSSR count). The Bertz CT molecular complexity index is 576. The number of benzene rings is 1. The average molecular weight is 283 g/mol. The van der Waals surface area contributed by atoms with E-state index in [0.717, 1.165) is 25.3 Å². The van der Waals surface area contributed by atoms with Crippen molar-refractivity contribution in [2.75, 3.05) is 18.5 Å². The first kappa shape index (κ1) is 15.5. The minimum atomic E-state index is 0.883. The van der Waals surface area contributed by atoms with Crippen molar-refractivity contribution < 1.29 is 0 Å². The summed E-state index contributed by atoms with van der Waals surface area (Å²) in [4.78, 5) is 6.72. The molecule has 2 aromatic rings. The number of aryl methyl sites for hydroxylation is 2. The third-order valence-electron chi connectivity index (χ3n) is 3.62. The first-order chi connectivity index (χ1) is 10.1. The summed E-state index contributed by atoms with van der Waals surface area (Å²) in [6, 6.07) is 10.7. The molecule has 3 heteroatoms. The van der Waals surface area contributed by atoms with Crippen LogP contribution in [-0.2, 0) is 6.54 Å². The first-order valence-corrected chi connectivity index (χ1v) is 7.58. The molecule has 1 aromatic carbocycles. The first-order valence-electron chi connectivity index (χ1n) is 7.58. The molecule has 0 aliphatic rings. The van der Waals surface area contributed by atoms with Crippen molar-refractivity contribution in [3.63, 3.8) is 0 Å². The van der Waals surface area contributed by atoms with E-state index in [4.69, 9.17) is 0 Å². The van der Waals surface area contributed by atoms with Crippen molar-refractivity contribution in [1.29, 1.82) is 0 Å². The van der Waals surface area contributed by atoms with Crippen molar-refractivity contribution in [2.24, 2.45) is 0 Å². The van der Waals surface area contributed by atoms with Gasteiger partial charge in [-0.05, 0) is 50.1 Å². The Morgan fingerprint density at radius 3 is 2.57 bits per heavy atom. The van der Waals surface area contributed by atoms with Gasteiger partial charge >= 0.3 is 0 Å². The molecule has 0 unspecified atom stereocenters. The molecule has 112 valence electrons. The van der Waals surface area contributed by atoms with Gasteiger partial charge in [-0.1, -0.05) is 30.7 Å². The Hall–Kier alpha value is -1.87. The highest BCUT2D eigenvalue weighted by Gasteiger charge is 2.08. The lowest BCUT2D eigenvalue weighted by molar-refractivity contribution is 0.674. The van der Waals surface area contributed by atoms with Crippen molar-refractivity contribution >= 4 is 11.5 Å². The number of nitrogens with one attached hydrogen (secondary N) is 1. The number of aromatic nitrogens is 1. The summed E-state index contributed by atoms with van der Waals surface area (Å²) in [6.45, 7) is 8.36. The largest absolute Gasteiger partial charge is 0.329 e. The Kier molecular flexibility index (Phi) is 5.34. The zero-order valence-electron chi connectivity index (χ0n) is 13.5. The van der Waals surface area contributed by atoms with E-state index >= 15 is 0 Å². The second kappa shape index (κ2) is 7.23. The molecule has 0 amide bonds. The van der Waals surface area contributed by atoms with Gasteiger partial charge in [0.05, 0.1) is 0 Å². The molecule has 3 nitrogen and oxygen atoms in total. The molecule has 1 N–H and O–H groups in total. The third-order valence-corrected chi connectivity index (χ3v) is 3.62. The monoisotopic (exact) mass is 283 g/mol. The number of pyridine rings is 1. The summed E-state index contributed by atoms with van der Waals surface area (Å²) in [5, 5.41) is 3.39. The predicted octanol–water partition coefficient (Wildman–Crippen LogP) is 3.97. The van der Waals surface area contributed by atoms with Gasteiger partial charge in [-0.3, -0.25) is 0 Å². The molecule has 1 heterocycles. The lowest BCUT2D eigenvalue weighted by atomic mass is 10.1. The van der Waals surface area contributed by atoms with Crippen LogP contribution in [0.4, 0.5) is 11.5 Å². The van der Waals surface area contributed by atoms with Crippen molar-refractivity contribution in [3.8, 4) is 0 Å². The van der Waals surface area contributed by atoms with E-state index in [1.165, 1.54) is 22.4 Å². The average Bonchev–Trinajstić information content (AvgIpc) is 2.48. The Morgan fingerprint density at radius 2 is 1.95 bits per heavy atom. The van der Waals surface area contributed by atoms with E-state index in [1.807, 2.05) is 6.20 Å². The van der Waals surface area contributed by atoms with Crippen LogP contribution >= 0.6 is 0 Å². The smallest absolute Gasteiger partial charge is 0.132 e. The normalized spacial score (nSPS) is 10.7. The van der Waals surface area contributed by atoms with Crippen LogP contribution in [0.2, 0.25) is 0 Å². The Morgan fingerprint density at radius 1 is 1.14 bits per heavy atom. The molecular weight excluding hydrogens is 258 g/mol. The number of hydrogen-bond acceptors (Lipinski definition) is 3. The molecule has 1 aromatic heterocycles. The molecule has 21 heavy (non-hydrogen) atoms. The second-order valence-corrected chi connectivity index (χ2v) is 5.55. The van der Waals surface area contributed by atoms with Gasteiger partial charge in [0.15, 0.2) is 0 Å². The van der Waals surface area contributed by atoms with Gasteiger partial charge in [-0.2, -0.15) is 0 Å². The van der Waals surface area contributed by atoms with Crippen molar-refractivity contribution in [3.05, 3.63) is 53.2 Å². The maximum atomic E-state index is 4.58. The summed E-state index contributed by atoms with van der Waals surface area (Å²) in [5.74, 6) is 0.973. The Labute approximate surface area is 128 Å². The molecule has 0 atom stereocenters. The number of hydrogen-bond donors (Lipinski definition) is 1. The Balaban J connectivity index is 2.10. The van der Waals surface area contributed by atoms with Crippen LogP contribution in [-0.4, -0.2) is 18.6 Å². The van der Waals surface area contributed by atoms with Crippen LogP contribution in [0.15, 0.2) is 36.5 Å². The molecule has 0 fully saturated rings.